The van der Waals surface area contributed by atoms with Gasteiger partial charge < -0.3 is 9.51 Å². The molecule has 4 aromatic rings. The van der Waals surface area contributed by atoms with Gasteiger partial charge in [0, 0.05) is 18.0 Å². The van der Waals surface area contributed by atoms with Crippen molar-refractivity contribution in [1.29, 1.82) is 0 Å². The molecule has 0 saturated carbocycles. The van der Waals surface area contributed by atoms with Crippen LogP contribution in [0.1, 0.15) is 17.0 Å². The Labute approximate surface area is 137 Å². The van der Waals surface area contributed by atoms with E-state index in [4.69, 9.17) is 4.52 Å². The van der Waals surface area contributed by atoms with E-state index < -0.39 is 0 Å². The molecule has 0 aliphatic rings. The maximum Gasteiger partial charge on any atom is 0.326 e. The van der Waals surface area contributed by atoms with Crippen LogP contribution in [0.15, 0.2) is 52.0 Å². The lowest BCUT2D eigenvalue weighted by Crippen LogP contribution is -2.17. The number of imidazole rings is 1. The van der Waals surface area contributed by atoms with Gasteiger partial charge in [-0.05, 0) is 43.2 Å². The molecule has 0 aliphatic heterocycles. The van der Waals surface area contributed by atoms with Gasteiger partial charge >= 0.3 is 5.69 Å². The van der Waals surface area contributed by atoms with Gasteiger partial charge in [-0.1, -0.05) is 17.3 Å². The molecule has 0 radical (unpaired) electrons. The second-order valence-corrected chi connectivity index (χ2v) is 5.81. The number of nitrogens with one attached hydrogen (secondary N) is 1. The predicted octanol–water partition coefficient (Wildman–Crippen LogP) is 3.04. The number of H-pyrrole nitrogens is 1. The van der Waals surface area contributed by atoms with Gasteiger partial charge in [0.15, 0.2) is 0 Å². The molecule has 1 aromatic carbocycles. The standard InChI is InChI=1S/C18H16N4O2/c1-11-17(12(2)24-21-11)14-5-6-15-16(8-14)22(18(23)20-15)10-13-4-3-7-19-9-13/h3-9H,10H2,1-2H3,(H,20,23). The van der Waals surface area contributed by atoms with E-state index in [2.05, 4.69) is 15.1 Å². The maximum absolute atomic E-state index is 12.3. The molecule has 24 heavy (non-hydrogen) atoms. The van der Waals surface area contributed by atoms with Crippen LogP contribution in [0.5, 0.6) is 0 Å². The lowest BCUT2D eigenvalue weighted by Gasteiger charge is -2.05. The van der Waals surface area contributed by atoms with Crippen molar-refractivity contribution in [2.75, 3.05) is 0 Å². The Hall–Kier alpha value is -3.15. The van der Waals surface area contributed by atoms with Crippen molar-refractivity contribution in [2.24, 2.45) is 0 Å². The van der Waals surface area contributed by atoms with E-state index in [1.807, 2.05) is 44.2 Å². The Balaban J connectivity index is 1.87. The van der Waals surface area contributed by atoms with Crippen molar-refractivity contribution in [3.63, 3.8) is 0 Å². The highest BCUT2D eigenvalue weighted by atomic mass is 16.5. The highest BCUT2D eigenvalue weighted by Crippen LogP contribution is 2.29. The van der Waals surface area contributed by atoms with Gasteiger partial charge in [0.1, 0.15) is 5.76 Å². The number of pyridine rings is 1. The van der Waals surface area contributed by atoms with Gasteiger partial charge in [0.25, 0.3) is 0 Å². The summed E-state index contributed by atoms with van der Waals surface area (Å²) in [6.45, 7) is 4.27. The first-order valence-electron chi connectivity index (χ1n) is 7.68. The molecular formula is C18H16N4O2. The Morgan fingerprint density at radius 1 is 1.25 bits per heavy atom. The third-order valence-electron chi connectivity index (χ3n) is 4.16. The molecule has 0 aliphatic carbocycles. The minimum absolute atomic E-state index is 0.134. The van der Waals surface area contributed by atoms with Crippen LogP contribution in [-0.2, 0) is 6.54 Å². The fraction of sp³-hybridized carbons (Fsp3) is 0.167. The largest absolute Gasteiger partial charge is 0.361 e. The van der Waals surface area contributed by atoms with E-state index in [1.54, 1.807) is 17.0 Å². The highest BCUT2D eigenvalue weighted by Gasteiger charge is 2.14. The number of benzene rings is 1. The topological polar surface area (TPSA) is 76.7 Å². The van der Waals surface area contributed by atoms with E-state index in [-0.39, 0.29) is 5.69 Å². The number of aromatic nitrogens is 4. The molecule has 0 atom stereocenters. The molecule has 0 bridgehead atoms. The molecule has 3 aromatic heterocycles. The Morgan fingerprint density at radius 2 is 2.12 bits per heavy atom. The Morgan fingerprint density at radius 3 is 2.83 bits per heavy atom. The molecule has 1 N–H and O–H groups in total. The molecule has 0 spiro atoms. The average molecular weight is 320 g/mol. The maximum atomic E-state index is 12.3. The summed E-state index contributed by atoms with van der Waals surface area (Å²) < 4.78 is 6.97. The van der Waals surface area contributed by atoms with Crippen molar-refractivity contribution in [1.82, 2.24) is 19.7 Å². The van der Waals surface area contributed by atoms with Crippen molar-refractivity contribution in [3.8, 4) is 11.1 Å². The number of hydrogen-bond donors (Lipinski definition) is 1. The quantitative estimate of drug-likeness (QED) is 0.629. The molecule has 0 saturated heterocycles. The number of nitrogens with zero attached hydrogens (tertiary/aromatic N) is 3. The number of aromatic amines is 1. The van der Waals surface area contributed by atoms with Crippen LogP contribution in [0.25, 0.3) is 22.2 Å². The van der Waals surface area contributed by atoms with E-state index in [9.17, 15) is 4.79 Å². The second-order valence-electron chi connectivity index (χ2n) is 5.81. The van der Waals surface area contributed by atoms with Gasteiger partial charge in [-0.25, -0.2) is 4.79 Å². The minimum atomic E-state index is -0.134. The molecule has 0 fully saturated rings. The molecule has 6 nitrogen and oxygen atoms in total. The fourth-order valence-corrected chi connectivity index (χ4v) is 3.03. The van der Waals surface area contributed by atoms with Crippen LogP contribution in [0.3, 0.4) is 0 Å². The second kappa shape index (κ2) is 5.49. The average Bonchev–Trinajstić information content (AvgIpc) is 3.08. The number of fused-ring (bicyclic) bond motifs is 1. The first-order chi connectivity index (χ1) is 11.6. The lowest BCUT2D eigenvalue weighted by molar-refractivity contribution is 0.393. The number of rotatable bonds is 3. The van der Waals surface area contributed by atoms with E-state index >= 15 is 0 Å². The SMILES string of the molecule is Cc1noc(C)c1-c1ccc2[nH]c(=O)n(Cc3cccnc3)c2c1. The summed E-state index contributed by atoms with van der Waals surface area (Å²) in [7, 11) is 0. The van der Waals surface area contributed by atoms with Crippen molar-refractivity contribution in [3.05, 3.63) is 70.2 Å². The van der Waals surface area contributed by atoms with Crippen molar-refractivity contribution in [2.45, 2.75) is 20.4 Å². The Bertz CT molecular complexity index is 1050. The van der Waals surface area contributed by atoms with Crippen LogP contribution in [0.2, 0.25) is 0 Å². The number of hydrogen-bond acceptors (Lipinski definition) is 4. The summed E-state index contributed by atoms with van der Waals surface area (Å²) in [5.74, 6) is 0.767. The van der Waals surface area contributed by atoms with Crippen LogP contribution in [0.4, 0.5) is 0 Å². The smallest absolute Gasteiger partial charge is 0.326 e. The molecule has 0 amide bonds. The third-order valence-corrected chi connectivity index (χ3v) is 4.16. The summed E-state index contributed by atoms with van der Waals surface area (Å²) in [6.07, 6.45) is 3.49. The minimum Gasteiger partial charge on any atom is -0.361 e. The van der Waals surface area contributed by atoms with Crippen molar-refractivity contribution < 1.29 is 4.52 Å². The zero-order chi connectivity index (χ0) is 16.7. The summed E-state index contributed by atoms with van der Waals surface area (Å²) in [5, 5.41) is 4.01. The van der Waals surface area contributed by atoms with E-state index in [0.717, 1.165) is 39.2 Å². The molecular weight excluding hydrogens is 304 g/mol. The molecule has 120 valence electrons. The van der Waals surface area contributed by atoms with Crippen LogP contribution >= 0.6 is 0 Å². The molecule has 6 heteroatoms. The summed E-state index contributed by atoms with van der Waals surface area (Å²) in [4.78, 5) is 19.3. The molecule has 4 rings (SSSR count). The zero-order valence-corrected chi connectivity index (χ0v) is 13.4. The van der Waals surface area contributed by atoms with Gasteiger partial charge in [0.2, 0.25) is 0 Å². The van der Waals surface area contributed by atoms with Gasteiger partial charge in [-0.3, -0.25) is 9.55 Å². The normalized spacial score (nSPS) is 11.2. The summed E-state index contributed by atoms with van der Waals surface area (Å²) in [5.41, 5.74) is 5.29. The van der Waals surface area contributed by atoms with Crippen molar-refractivity contribution >= 4 is 11.0 Å². The zero-order valence-electron chi connectivity index (χ0n) is 13.4. The number of aryl methyl sites for hydroxylation is 2. The van der Waals surface area contributed by atoms with Crippen LogP contribution in [0, 0.1) is 13.8 Å². The predicted molar refractivity (Wildman–Crippen MR) is 90.9 cm³/mol. The van der Waals surface area contributed by atoms with Gasteiger partial charge in [0.05, 0.1) is 23.3 Å². The van der Waals surface area contributed by atoms with Crippen LogP contribution in [-0.4, -0.2) is 19.7 Å². The van der Waals surface area contributed by atoms with Gasteiger partial charge in [-0.2, -0.15) is 0 Å². The third kappa shape index (κ3) is 2.32. The molecule has 0 unspecified atom stereocenters. The Kier molecular flexibility index (Phi) is 3.30. The van der Waals surface area contributed by atoms with Crippen LogP contribution < -0.4 is 5.69 Å². The summed E-state index contributed by atoms with van der Waals surface area (Å²) in [6, 6.07) is 9.70. The first-order valence-corrected chi connectivity index (χ1v) is 7.68. The van der Waals surface area contributed by atoms with E-state index in [1.165, 1.54) is 0 Å². The highest BCUT2D eigenvalue weighted by molar-refractivity contribution is 5.83. The van der Waals surface area contributed by atoms with Gasteiger partial charge in [-0.15, -0.1) is 0 Å². The summed E-state index contributed by atoms with van der Waals surface area (Å²) >= 11 is 0. The monoisotopic (exact) mass is 320 g/mol. The lowest BCUT2D eigenvalue weighted by atomic mass is 10.0. The molecule has 3 heterocycles. The van der Waals surface area contributed by atoms with E-state index in [0.29, 0.717) is 6.54 Å². The fourth-order valence-electron chi connectivity index (χ4n) is 3.03. The first kappa shape index (κ1) is 14.4.